The Morgan fingerprint density at radius 2 is 1.86 bits per heavy atom. The van der Waals surface area contributed by atoms with Gasteiger partial charge in [-0.15, -0.1) is 0 Å². The van der Waals surface area contributed by atoms with Crippen molar-refractivity contribution in [2.24, 2.45) is 0 Å². The zero-order valence-corrected chi connectivity index (χ0v) is 13.2. The molecule has 1 atom stereocenters. The van der Waals surface area contributed by atoms with Crippen LogP contribution < -0.4 is 9.47 Å². The van der Waals surface area contributed by atoms with Crippen LogP contribution >= 0.6 is 0 Å². The Kier molecular flexibility index (Phi) is 4.59. The summed E-state index contributed by atoms with van der Waals surface area (Å²) in [5, 5.41) is 0. The van der Waals surface area contributed by atoms with Gasteiger partial charge in [0.05, 0.1) is 14.2 Å². The molecule has 2 heterocycles. The maximum atomic E-state index is 5.44. The molecule has 0 radical (unpaired) electrons. The molecule has 0 saturated carbocycles. The molecule has 2 aromatic rings. The molecule has 1 aliphatic rings. The summed E-state index contributed by atoms with van der Waals surface area (Å²) in [5.74, 6) is 1.58. The monoisotopic (exact) mass is 298 g/mol. The standard InChI is InChI=1S/C18H22N2O2/c1-21-17-6-5-15(12-18(17)22-2)16-4-3-11-20(16)13-14-7-9-19-10-8-14/h5-10,12,16H,3-4,11,13H2,1-2H3/t16-/m1/s1. The third-order valence-electron chi connectivity index (χ3n) is 4.29. The molecule has 0 spiro atoms. The summed E-state index contributed by atoms with van der Waals surface area (Å²) in [5.41, 5.74) is 2.60. The van der Waals surface area contributed by atoms with Gasteiger partial charge in [-0.2, -0.15) is 0 Å². The van der Waals surface area contributed by atoms with Gasteiger partial charge in [0.15, 0.2) is 11.5 Å². The first-order valence-electron chi connectivity index (χ1n) is 7.66. The van der Waals surface area contributed by atoms with Gasteiger partial charge in [-0.1, -0.05) is 6.07 Å². The first kappa shape index (κ1) is 14.9. The quantitative estimate of drug-likeness (QED) is 0.847. The number of hydrogen-bond acceptors (Lipinski definition) is 4. The lowest BCUT2D eigenvalue weighted by atomic mass is 10.0. The largest absolute Gasteiger partial charge is 0.493 e. The van der Waals surface area contributed by atoms with Gasteiger partial charge in [0.25, 0.3) is 0 Å². The summed E-state index contributed by atoms with van der Waals surface area (Å²) in [4.78, 5) is 6.61. The fourth-order valence-electron chi connectivity index (χ4n) is 3.18. The summed E-state index contributed by atoms with van der Waals surface area (Å²) in [6, 6.07) is 10.9. The second-order valence-electron chi connectivity index (χ2n) is 5.60. The van der Waals surface area contributed by atoms with E-state index in [0.717, 1.165) is 24.6 Å². The summed E-state index contributed by atoms with van der Waals surface area (Å²) in [6.45, 7) is 2.09. The number of methoxy groups -OCH3 is 2. The van der Waals surface area contributed by atoms with Crippen molar-refractivity contribution in [3.63, 3.8) is 0 Å². The molecule has 1 fully saturated rings. The molecule has 4 heteroatoms. The maximum absolute atomic E-state index is 5.44. The highest BCUT2D eigenvalue weighted by molar-refractivity contribution is 5.44. The van der Waals surface area contributed by atoms with Gasteiger partial charge < -0.3 is 9.47 Å². The highest BCUT2D eigenvalue weighted by Crippen LogP contribution is 2.37. The molecular formula is C18H22N2O2. The first-order chi connectivity index (χ1) is 10.8. The van der Waals surface area contributed by atoms with Crippen LogP contribution in [0, 0.1) is 0 Å². The first-order valence-corrected chi connectivity index (χ1v) is 7.66. The van der Waals surface area contributed by atoms with Gasteiger partial charge in [-0.3, -0.25) is 9.88 Å². The van der Waals surface area contributed by atoms with E-state index >= 15 is 0 Å². The highest BCUT2D eigenvalue weighted by atomic mass is 16.5. The molecule has 1 aromatic heterocycles. The van der Waals surface area contributed by atoms with Gasteiger partial charge >= 0.3 is 0 Å². The molecule has 3 rings (SSSR count). The fourth-order valence-corrected chi connectivity index (χ4v) is 3.18. The Bertz CT molecular complexity index is 616. The highest BCUT2D eigenvalue weighted by Gasteiger charge is 2.26. The maximum Gasteiger partial charge on any atom is 0.161 e. The SMILES string of the molecule is COc1ccc([C@H]2CCCN2Cc2ccncc2)cc1OC. The smallest absolute Gasteiger partial charge is 0.161 e. The van der Waals surface area contributed by atoms with Gasteiger partial charge in [0.1, 0.15) is 0 Å². The number of likely N-dealkylation sites (tertiary alicyclic amines) is 1. The minimum Gasteiger partial charge on any atom is -0.493 e. The predicted molar refractivity (Wildman–Crippen MR) is 86.2 cm³/mol. The van der Waals surface area contributed by atoms with E-state index < -0.39 is 0 Å². The number of ether oxygens (including phenoxy) is 2. The van der Waals surface area contributed by atoms with Crippen LogP contribution in [0.3, 0.4) is 0 Å². The summed E-state index contributed by atoms with van der Waals surface area (Å²) < 4.78 is 10.8. The van der Waals surface area contributed by atoms with Crippen molar-refractivity contribution in [2.75, 3.05) is 20.8 Å². The van der Waals surface area contributed by atoms with E-state index in [1.807, 2.05) is 18.5 Å². The zero-order chi connectivity index (χ0) is 15.4. The van der Waals surface area contributed by atoms with Crippen molar-refractivity contribution < 1.29 is 9.47 Å². The molecule has 4 nitrogen and oxygen atoms in total. The number of nitrogens with zero attached hydrogens (tertiary/aromatic N) is 2. The summed E-state index contributed by atoms with van der Waals surface area (Å²) in [7, 11) is 3.36. The van der Waals surface area contributed by atoms with Crippen molar-refractivity contribution >= 4 is 0 Å². The van der Waals surface area contributed by atoms with E-state index in [-0.39, 0.29) is 0 Å². The van der Waals surface area contributed by atoms with Crippen molar-refractivity contribution in [3.8, 4) is 11.5 Å². The molecule has 1 aliphatic heterocycles. The van der Waals surface area contributed by atoms with Crippen LogP contribution in [0.25, 0.3) is 0 Å². The van der Waals surface area contributed by atoms with Crippen LogP contribution in [0.5, 0.6) is 11.5 Å². The molecule has 116 valence electrons. The van der Waals surface area contributed by atoms with Crippen LogP contribution in [-0.2, 0) is 6.54 Å². The predicted octanol–water partition coefficient (Wildman–Crippen LogP) is 3.44. The van der Waals surface area contributed by atoms with Crippen molar-refractivity contribution in [1.29, 1.82) is 0 Å². The number of rotatable bonds is 5. The zero-order valence-electron chi connectivity index (χ0n) is 13.2. The number of pyridine rings is 1. The third-order valence-corrected chi connectivity index (χ3v) is 4.29. The van der Waals surface area contributed by atoms with Crippen LogP contribution in [0.4, 0.5) is 0 Å². The topological polar surface area (TPSA) is 34.6 Å². The van der Waals surface area contributed by atoms with Crippen LogP contribution in [0.15, 0.2) is 42.7 Å². The fraction of sp³-hybridized carbons (Fsp3) is 0.389. The Hall–Kier alpha value is -2.07. The van der Waals surface area contributed by atoms with Crippen LogP contribution in [-0.4, -0.2) is 30.6 Å². The molecule has 0 unspecified atom stereocenters. The summed E-state index contributed by atoms with van der Waals surface area (Å²) in [6.07, 6.45) is 6.12. The number of benzene rings is 1. The van der Waals surface area contributed by atoms with E-state index in [2.05, 4.69) is 34.1 Å². The lowest BCUT2D eigenvalue weighted by Gasteiger charge is -2.25. The molecule has 1 aromatic carbocycles. The number of aromatic nitrogens is 1. The van der Waals surface area contributed by atoms with E-state index in [0.29, 0.717) is 6.04 Å². The van der Waals surface area contributed by atoms with Gasteiger partial charge in [0.2, 0.25) is 0 Å². The molecule has 0 N–H and O–H groups in total. The Balaban J connectivity index is 1.81. The minimum absolute atomic E-state index is 0.438. The van der Waals surface area contributed by atoms with E-state index in [1.165, 1.54) is 24.0 Å². The van der Waals surface area contributed by atoms with Crippen molar-refractivity contribution in [2.45, 2.75) is 25.4 Å². The lowest BCUT2D eigenvalue weighted by Crippen LogP contribution is -2.22. The van der Waals surface area contributed by atoms with E-state index in [4.69, 9.17) is 9.47 Å². The third kappa shape index (κ3) is 3.07. The molecule has 22 heavy (non-hydrogen) atoms. The van der Waals surface area contributed by atoms with Crippen LogP contribution in [0.2, 0.25) is 0 Å². The van der Waals surface area contributed by atoms with Crippen LogP contribution in [0.1, 0.15) is 30.0 Å². The Morgan fingerprint density at radius 1 is 1.09 bits per heavy atom. The number of hydrogen-bond donors (Lipinski definition) is 0. The second kappa shape index (κ2) is 6.79. The molecule has 1 saturated heterocycles. The van der Waals surface area contributed by atoms with Crippen molar-refractivity contribution in [3.05, 3.63) is 53.9 Å². The van der Waals surface area contributed by atoms with Gasteiger partial charge in [0, 0.05) is 25.0 Å². The summed E-state index contributed by atoms with van der Waals surface area (Å²) >= 11 is 0. The van der Waals surface area contributed by atoms with Gasteiger partial charge in [-0.25, -0.2) is 0 Å². The Morgan fingerprint density at radius 3 is 2.59 bits per heavy atom. The molecular weight excluding hydrogens is 276 g/mol. The van der Waals surface area contributed by atoms with Gasteiger partial charge in [-0.05, 0) is 54.8 Å². The average molecular weight is 298 g/mol. The normalized spacial score (nSPS) is 18.4. The molecule has 0 aliphatic carbocycles. The molecule has 0 bridgehead atoms. The van der Waals surface area contributed by atoms with E-state index in [9.17, 15) is 0 Å². The Labute approximate surface area is 131 Å². The lowest BCUT2D eigenvalue weighted by molar-refractivity contribution is 0.247. The second-order valence-corrected chi connectivity index (χ2v) is 5.60. The van der Waals surface area contributed by atoms with Crippen molar-refractivity contribution in [1.82, 2.24) is 9.88 Å². The minimum atomic E-state index is 0.438. The van der Waals surface area contributed by atoms with E-state index in [1.54, 1.807) is 14.2 Å². The molecule has 0 amide bonds. The average Bonchev–Trinajstić information content (AvgIpc) is 3.03.